The molecule has 2 aliphatic rings. The van der Waals surface area contributed by atoms with E-state index >= 15 is 0 Å². The number of hydrogen-bond donors (Lipinski definition) is 1. The maximum absolute atomic E-state index is 5.83. The summed E-state index contributed by atoms with van der Waals surface area (Å²) in [6.45, 7) is 0. The summed E-state index contributed by atoms with van der Waals surface area (Å²) in [5, 5.41) is 3.52. The minimum Gasteiger partial charge on any atom is -0.490 e. The predicted molar refractivity (Wildman–Crippen MR) is 78.8 cm³/mol. The van der Waals surface area contributed by atoms with Gasteiger partial charge in [0.05, 0.1) is 6.10 Å². The summed E-state index contributed by atoms with van der Waals surface area (Å²) in [4.78, 5) is 0. The molecule has 1 aromatic carbocycles. The molecule has 1 N–H and O–H groups in total. The lowest BCUT2D eigenvalue weighted by Crippen LogP contribution is -2.31. The van der Waals surface area contributed by atoms with E-state index in [-0.39, 0.29) is 0 Å². The number of hydrogen-bond acceptors (Lipinski definition) is 2. The first-order chi connectivity index (χ1) is 9.36. The molecular weight excluding hydrogens is 234 g/mol. The minimum absolute atomic E-state index is 0.494. The Kier molecular flexibility index (Phi) is 4.07. The standard InChI is InChI=1S/C17H25NO/c1-18-17-6-4-2-3-5-16(17)13-7-9-14(10-8-13)19-15-11-12-15/h7-10,15-18H,2-6,11-12H2,1H3. The third-order valence-corrected chi connectivity index (χ3v) is 4.52. The summed E-state index contributed by atoms with van der Waals surface area (Å²) in [5.74, 6) is 1.71. The van der Waals surface area contributed by atoms with Gasteiger partial charge < -0.3 is 10.1 Å². The van der Waals surface area contributed by atoms with Crippen LogP contribution >= 0.6 is 0 Å². The molecule has 0 bridgehead atoms. The average molecular weight is 259 g/mol. The molecule has 0 aromatic heterocycles. The lowest BCUT2D eigenvalue weighted by atomic mass is 9.87. The third kappa shape index (κ3) is 3.30. The van der Waals surface area contributed by atoms with E-state index < -0.39 is 0 Å². The van der Waals surface area contributed by atoms with E-state index in [1.54, 1.807) is 0 Å². The molecule has 2 atom stereocenters. The van der Waals surface area contributed by atoms with Crippen molar-refractivity contribution in [3.63, 3.8) is 0 Å². The smallest absolute Gasteiger partial charge is 0.119 e. The molecule has 0 amide bonds. The highest BCUT2D eigenvalue weighted by atomic mass is 16.5. The van der Waals surface area contributed by atoms with Crippen LogP contribution in [0, 0.1) is 0 Å². The van der Waals surface area contributed by atoms with Gasteiger partial charge in [0, 0.05) is 6.04 Å². The summed E-state index contributed by atoms with van der Waals surface area (Å²) in [6, 6.07) is 9.50. The van der Waals surface area contributed by atoms with Gasteiger partial charge in [0.25, 0.3) is 0 Å². The Morgan fingerprint density at radius 2 is 1.68 bits per heavy atom. The maximum atomic E-state index is 5.83. The molecular formula is C17H25NO. The number of nitrogens with one attached hydrogen (secondary N) is 1. The van der Waals surface area contributed by atoms with E-state index in [9.17, 15) is 0 Å². The van der Waals surface area contributed by atoms with E-state index in [1.165, 1.54) is 50.5 Å². The van der Waals surface area contributed by atoms with Crippen molar-refractivity contribution in [3.05, 3.63) is 29.8 Å². The number of ether oxygens (including phenoxy) is 1. The normalized spacial score (nSPS) is 27.8. The largest absolute Gasteiger partial charge is 0.490 e. The van der Waals surface area contributed by atoms with Crippen LogP contribution in [0.15, 0.2) is 24.3 Å². The second-order valence-corrected chi connectivity index (χ2v) is 6.03. The van der Waals surface area contributed by atoms with Crippen molar-refractivity contribution >= 4 is 0 Å². The Morgan fingerprint density at radius 3 is 2.37 bits per heavy atom. The number of likely N-dealkylation sites (N-methyl/N-ethyl adjacent to an activating group) is 1. The van der Waals surface area contributed by atoms with Crippen LogP contribution in [0.3, 0.4) is 0 Å². The SMILES string of the molecule is CNC1CCCCCC1c1ccc(OC2CC2)cc1. The van der Waals surface area contributed by atoms with Crippen LogP contribution in [0.5, 0.6) is 5.75 Å². The average Bonchev–Trinajstić information content (AvgIpc) is 3.25. The Bertz CT molecular complexity index is 396. The summed E-state index contributed by atoms with van der Waals surface area (Å²) < 4.78 is 5.83. The van der Waals surface area contributed by atoms with E-state index in [1.807, 2.05) is 0 Å². The molecule has 2 saturated carbocycles. The van der Waals surface area contributed by atoms with E-state index in [0.29, 0.717) is 18.1 Å². The molecule has 0 aliphatic heterocycles. The molecule has 1 aromatic rings. The molecule has 2 nitrogen and oxygen atoms in total. The first-order valence-corrected chi connectivity index (χ1v) is 7.80. The number of rotatable bonds is 4. The van der Waals surface area contributed by atoms with Gasteiger partial charge in [0.1, 0.15) is 5.75 Å². The Labute approximate surface area is 116 Å². The molecule has 0 heterocycles. The molecule has 2 aliphatic carbocycles. The van der Waals surface area contributed by atoms with Gasteiger partial charge in [-0.3, -0.25) is 0 Å². The zero-order chi connectivity index (χ0) is 13.1. The van der Waals surface area contributed by atoms with Gasteiger partial charge in [-0.2, -0.15) is 0 Å². The van der Waals surface area contributed by atoms with Crippen molar-refractivity contribution in [3.8, 4) is 5.75 Å². The van der Waals surface area contributed by atoms with Crippen LogP contribution in [0.1, 0.15) is 56.4 Å². The Balaban J connectivity index is 1.71. The van der Waals surface area contributed by atoms with Crippen molar-refractivity contribution in [2.75, 3.05) is 7.05 Å². The van der Waals surface area contributed by atoms with E-state index in [0.717, 1.165) is 5.75 Å². The van der Waals surface area contributed by atoms with Gasteiger partial charge in [-0.25, -0.2) is 0 Å². The highest BCUT2D eigenvalue weighted by Gasteiger charge is 2.25. The highest BCUT2D eigenvalue weighted by Crippen LogP contribution is 2.33. The van der Waals surface area contributed by atoms with Crippen LogP contribution in [0.25, 0.3) is 0 Å². The van der Waals surface area contributed by atoms with Crippen LogP contribution in [0.4, 0.5) is 0 Å². The topological polar surface area (TPSA) is 21.3 Å². The summed E-state index contributed by atoms with van der Waals surface area (Å²) >= 11 is 0. The maximum Gasteiger partial charge on any atom is 0.119 e. The quantitative estimate of drug-likeness (QED) is 0.829. The minimum atomic E-state index is 0.494. The van der Waals surface area contributed by atoms with Crippen molar-refractivity contribution in [2.45, 2.75) is 63.0 Å². The lowest BCUT2D eigenvalue weighted by molar-refractivity contribution is 0.303. The lowest BCUT2D eigenvalue weighted by Gasteiger charge is -2.25. The number of benzene rings is 1. The first-order valence-electron chi connectivity index (χ1n) is 7.80. The van der Waals surface area contributed by atoms with Crippen molar-refractivity contribution in [1.29, 1.82) is 0 Å². The molecule has 0 saturated heterocycles. The van der Waals surface area contributed by atoms with Gasteiger partial charge in [0.15, 0.2) is 0 Å². The van der Waals surface area contributed by atoms with Crippen molar-refractivity contribution < 1.29 is 4.74 Å². The molecule has 0 spiro atoms. The fraction of sp³-hybridized carbons (Fsp3) is 0.647. The summed E-state index contributed by atoms with van der Waals surface area (Å²) in [7, 11) is 2.10. The van der Waals surface area contributed by atoms with Gasteiger partial charge >= 0.3 is 0 Å². The zero-order valence-electron chi connectivity index (χ0n) is 11.9. The molecule has 104 valence electrons. The summed E-state index contributed by atoms with van der Waals surface area (Å²) in [6.07, 6.45) is 9.69. The molecule has 2 unspecified atom stereocenters. The van der Waals surface area contributed by atoms with Crippen LogP contribution in [-0.2, 0) is 0 Å². The molecule has 0 radical (unpaired) electrons. The van der Waals surface area contributed by atoms with Crippen LogP contribution in [-0.4, -0.2) is 19.2 Å². The second-order valence-electron chi connectivity index (χ2n) is 6.03. The fourth-order valence-corrected chi connectivity index (χ4v) is 3.22. The molecule has 2 heteroatoms. The predicted octanol–water partition coefficient (Wildman–Crippen LogP) is 3.86. The van der Waals surface area contributed by atoms with Gasteiger partial charge in [-0.1, -0.05) is 31.4 Å². The van der Waals surface area contributed by atoms with E-state index in [2.05, 4.69) is 36.6 Å². The van der Waals surface area contributed by atoms with Gasteiger partial charge in [-0.05, 0) is 56.3 Å². The first kappa shape index (κ1) is 13.0. The Hall–Kier alpha value is -1.02. The van der Waals surface area contributed by atoms with Gasteiger partial charge in [0.2, 0.25) is 0 Å². The third-order valence-electron chi connectivity index (χ3n) is 4.52. The molecule has 3 rings (SSSR count). The zero-order valence-corrected chi connectivity index (χ0v) is 11.9. The van der Waals surface area contributed by atoms with Crippen LogP contribution < -0.4 is 10.1 Å². The fourth-order valence-electron chi connectivity index (χ4n) is 3.22. The van der Waals surface area contributed by atoms with Crippen LogP contribution in [0.2, 0.25) is 0 Å². The van der Waals surface area contributed by atoms with Gasteiger partial charge in [-0.15, -0.1) is 0 Å². The highest BCUT2D eigenvalue weighted by molar-refractivity contribution is 5.31. The summed E-state index contributed by atoms with van der Waals surface area (Å²) in [5.41, 5.74) is 1.48. The van der Waals surface area contributed by atoms with Crippen molar-refractivity contribution in [1.82, 2.24) is 5.32 Å². The molecule has 19 heavy (non-hydrogen) atoms. The second kappa shape index (κ2) is 5.96. The Morgan fingerprint density at radius 1 is 0.947 bits per heavy atom. The molecule has 2 fully saturated rings. The van der Waals surface area contributed by atoms with Crippen molar-refractivity contribution in [2.24, 2.45) is 0 Å². The monoisotopic (exact) mass is 259 g/mol. The van der Waals surface area contributed by atoms with E-state index in [4.69, 9.17) is 4.74 Å².